The second kappa shape index (κ2) is 9.42. The third-order valence-electron chi connectivity index (χ3n) is 3.56. The van der Waals surface area contributed by atoms with Gasteiger partial charge in [0.15, 0.2) is 6.10 Å². The summed E-state index contributed by atoms with van der Waals surface area (Å²) < 4.78 is 16.0. The minimum absolute atomic E-state index is 0.0519. The third kappa shape index (κ3) is 6.55. The van der Waals surface area contributed by atoms with Crippen LogP contribution in [-0.2, 0) is 19.0 Å². The highest BCUT2D eigenvalue weighted by Gasteiger charge is 2.47. The molecule has 1 fully saturated rings. The summed E-state index contributed by atoms with van der Waals surface area (Å²) in [6.45, 7) is 9.94. The standard InChI is InChI=1S/C16H26N4O6/c1-6-7-24-14-12(22)10(19-20-17)8-11(13(14)25-9(2)21)18-15(23)26-16(3,4)5/h6,10-14,22H,1,7-8H2,2-5H3,(H,18,23)/t10-,11+,12+,13-,14-/m0/s1. The van der Waals surface area contributed by atoms with E-state index in [1.165, 1.54) is 13.0 Å². The normalized spacial score (nSPS) is 28.4. The molecule has 10 nitrogen and oxygen atoms in total. The highest BCUT2D eigenvalue weighted by atomic mass is 16.6. The van der Waals surface area contributed by atoms with Crippen LogP contribution in [0.25, 0.3) is 10.4 Å². The van der Waals surface area contributed by atoms with E-state index in [9.17, 15) is 14.7 Å². The van der Waals surface area contributed by atoms with Gasteiger partial charge in [0.2, 0.25) is 0 Å². The fourth-order valence-electron chi connectivity index (χ4n) is 2.67. The number of azide groups is 1. The Labute approximate surface area is 152 Å². The lowest BCUT2D eigenvalue weighted by Crippen LogP contribution is -2.62. The first-order valence-electron chi connectivity index (χ1n) is 8.20. The van der Waals surface area contributed by atoms with Crippen LogP contribution < -0.4 is 5.32 Å². The molecule has 1 aliphatic rings. The number of hydrogen-bond donors (Lipinski definition) is 2. The quantitative estimate of drug-likeness (QED) is 0.240. The minimum atomic E-state index is -1.22. The first-order chi connectivity index (χ1) is 12.1. The van der Waals surface area contributed by atoms with Gasteiger partial charge in [-0.1, -0.05) is 11.2 Å². The molecule has 0 aliphatic heterocycles. The second-order valence-electron chi connectivity index (χ2n) is 6.91. The van der Waals surface area contributed by atoms with Crippen LogP contribution >= 0.6 is 0 Å². The van der Waals surface area contributed by atoms with Crippen molar-refractivity contribution in [3.05, 3.63) is 23.1 Å². The molecule has 0 aromatic carbocycles. The van der Waals surface area contributed by atoms with Crippen molar-refractivity contribution in [1.82, 2.24) is 5.32 Å². The van der Waals surface area contributed by atoms with E-state index in [4.69, 9.17) is 19.7 Å². The van der Waals surface area contributed by atoms with Crippen molar-refractivity contribution in [2.45, 2.75) is 70.1 Å². The highest BCUT2D eigenvalue weighted by Crippen LogP contribution is 2.28. The molecule has 1 amide bonds. The SMILES string of the molecule is C=CCO[C@H]1[C@H](O)[C@@H](N=[N+]=[N-])C[C@@H](NC(=O)OC(C)(C)C)[C@@H]1OC(C)=O. The number of esters is 1. The Morgan fingerprint density at radius 2 is 2.08 bits per heavy atom. The number of aliphatic hydroxyl groups is 1. The largest absolute Gasteiger partial charge is 0.457 e. The van der Waals surface area contributed by atoms with E-state index < -0.39 is 48.1 Å². The van der Waals surface area contributed by atoms with Crippen molar-refractivity contribution < 1.29 is 28.9 Å². The van der Waals surface area contributed by atoms with Crippen LogP contribution in [0.5, 0.6) is 0 Å². The van der Waals surface area contributed by atoms with Crippen molar-refractivity contribution in [3.63, 3.8) is 0 Å². The van der Waals surface area contributed by atoms with E-state index in [2.05, 4.69) is 21.9 Å². The molecular formula is C16H26N4O6. The number of nitrogens with zero attached hydrogens (tertiary/aromatic N) is 3. The molecule has 5 atom stereocenters. The zero-order valence-corrected chi connectivity index (χ0v) is 15.4. The van der Waals surface area contributed by atoms with Crippen molar-refractivity contribution in [2.24, 2.45) is 5.11 Å². The molecule has 26 heavy (non-hydrogen) atoms. The fourth-order valence-corrected chi connectivity index (χ4v) is 2.67. The van der Waals surface area contributed by atoms with E-state index in [1.54, 1.807) is 20.8 Å². The lowest BCUT2D eigenvalue weighted by molar-refractivity contribution is -0.174. The molecule has 1 saturated carbocycles. The maximum atomic E-state index is 12.1. The zero-order valence-electron chi connectivity index (χ0n) is 15.4. The van der Waals surface area contributed by atoms with Crippen LogP contribution in [0.2, 0.25) is 0 Å². The van der Waals surface area contributed by atoms with Gasteiger partial charge >= 0.3 is 12.1 Å². The van der Waals surface area contributed by atoms with Gasteiger partial charge in [-0.25, -0.2) is 4.79 Å². The van der Waals surface area contributed by atoms with Gasteiger partial charge in [0, 0.05) is 11.8 Å². The summed E-state index contributed by atoms with van der Waals surface area (Å²) in [7, 11) is 0. The van der Waals surface area contributed by atoms with Crippen LogP contribution in [0.1, 0.15) is 34.1 Å². The molecule has 0 aromatic heterocycles. The van der Waals surface area contributed by atoms with E-state index in [-0.39, 0.29) is 13.0 Å². The van der Waals surface area contributed by atoms with Crippen LogP contribution in [0, 0.1) is 0 Å². The molecule has 1 aliphatic carbocycles. The smallest absolute Gasteiger partial charge is 0.408 e. The number of rotatable bonds is 6. The lowest BCUT2D eigenvalue weighted by atomic mass is 9.84. The number of hydrogen-bond acceptors (Lipinski definition) is 7. The van der Waals surface area contributed by atoms with E-state index in [0.29, 0.717) is 0 Å². The van der Waals surface area contributed by atoms with Gasteiger partial charge in [-0.15, -0.1) is 6.58 Å². The summed E-state index contributed by atoms with van der Waals surface area (Å²) in [6.07, 6.45) is -2.42. The molecule has 0 radical (unpaired) electrons. The zero-order chi connectivity index (χ0) is 19.9. The Morgan fingerprint density at radius 3 is 2.58 bits per heavy atom. The van der Waals surface area contributed by atoms with Crippen LogP contribution in [-0.4, -0.2) is 59.8 Å². The van der Waals surface area contributed by atoms with Crippen LogP contribution in [0.15, 0.2) is 17.8 Å². The maximum Gasteiger partial charge on any atom is 0.408 e. The number of aliphatic hydroxyl groups excluding tert-OH is 1. The van der Waals surface area contributed by atoms with Crippen molar-refractivity contribution in [2.75, 3.05) is 6.61 Å². The van der Waals surface area contributed by atoms with Crippen molar-refractivity contribution in [1.29, 1.82) is 0 Å². The Kier molecular flexibility index (Phi) is 7.88. The average molecular weight is 370 g/mol. The predicted octanol–water partition coefficient (Wildman–Crippen LogP) is 1.83. The number of carbonyl (C=O) groups is 2. The Morgan fingerprint density at radius 1 is 1.42 bits per heavy atom. The van der Waals surface area contributed by atoms with Gasteiger partial charge in [0.25, 0.3) is 0 Å². The topological polar surface area (TPSA) is 143 Å². The van der Waals surface area contributed by atoms with Gasteiger partial charge in [0.05, 0.1) is 24.8 Å². The summed E-state index contributed by atoms with van der Waals surface area (Å²) in [6, 6.07) is -1.65. The summed E-state index contributed by atoms with van der Waals surface area (Å²) >= 11 is 0. The Bertz CT molecular complexity index is 570. The lowest BCUT2D eigenvalue weighted by Gasteiger charge is -2.42. The molecule has 0 spiro atoms. The van der Waals surface area contributed by atoms with Gasteiger partial charge in [-0.05, 0) is 32.7 Å². The summed E-state index contributed by atoms with van der Waals surface area (Å²) in [4.78, 5) is 26.3. The van der Waals surface area contributed by atoms with Gasteiger partial charge in [-0.3, -0.25) is 4.79 Å². The summed E-state index contributed by atoms with van der Waals surface area (Å²) in [5, 5.41) is 16.6. The van der Waals surface area contributed by atoms with Gasteiger partial charge < -0.3 is 24.6 Å². The highest BCUT2D eigenvalue weighted by molar-refractivity contribution is 5.69. The van der Waals surface area contributed by atoms with Crippen LogP contribution in [0.3, 0.4) is 0 Å². The van der Waals surface area contributed by atoms with E-state index in [1.807, 2.05) is 0 Å². The first-order valence-corrected chi connectivity index (χ1v) is 8.20. The molecule has 1 rings (SSSR count). The first kappa shape index (κ1) is 21.8. The van der Waals surface area contributed by atoms with E-state index >= 15 is 0 Å². The number of ether oxygens (including phenoxy) is 3. The average Bonchev–Trinajstić information content (AvgIpc) is 2.49. The monoisotopic (exact) mass is 370 g/mol. The number of nitrogens with one attached hydrogen (secondary N) is 1. The fraction of sp³-hybridized carbons (Fsp3) is 0.750. The van der Waals surface area contributed by atoms with Gasteiger partial charge in [-0.2, -0.15) is 0 Å². The van der Waals surface area contributed by atoms with Gasteiger partial charge in [0.1, 0.15) is 11.7 Å². The van der Waals surface area contributed by atoms with Crippen molar-refractivity contribution in [3.8, 4) is 0 Å². The molecule has 0 heterocycles. The minimum Gasteiger partial charge on any atom is -0.457 e. The maximum absolute atomic E-state index is 12.1. The van der Waals surface area contributed by atoms with Crippen LogP contribution in [0.4, 0.5) is 4.79 Å². The molecule has 2 N–H and O–H groups in total. The second-order valence-corrected chi connectivity index (χ2v) is 6.91. The predicted molar refractivity (Wildman–Crippen MR) is 92.2 cm³/mol. The molecule has 0 unspecified atom stereocenters. The summed E-state index contributed by atoms with van der Waals surface area (Å²) in [5.41, 5.74) is 8.00. The molecular weight excluding hydrogens is 344 g/mol. The number of alkyl carbamates (subject to hydrolysis) is 1. The Balaban J connectivity index is 3.09. The van der Waals surface area contributed by atoms with E-state index in [0.717, 1.165) is 0 Å². The molecule has 0 saturated heterocycles. The number of carbonyl (C=O) groups excluding carboxylic acids is 2. The van der Waals surface area contributed by atoms with Crippen molar-refractivity contribution >= 4 is 12.1 Å². The summed E-state index contributed by atoms with van der Waals surface area (Å²) in [5.74, 6) is -0.604. The Hall–Kier alpha value is -2.29. The molecule has 10 heteroatoms. The molecule has 146 valence electrons. The third-order valence-corrected chi connectivity index (χ3v) is 3.56. The molecule has 0 bridgehead atoms. The molecule has 0 aromatic rings. The number of amides is 1.